The van der Waals surface area contributed by atoms with Crippen LogP contribution < -0.4 is 10.2 Å². The van der Waals surface area contributed by atoms with E-state index >= 15 is 0 Å². The zero-order valence-electron chi connectivity index (χ0n) is 13.8. The molecule has 0 spiro atoms. The Morgan fingerprint density at radius 3 is 2.79 bits per heavy atom. The molecule has 0 saturated carbocycles. The number of rotatable bonds is 6. The van der Waals surface area contributed by atoms with Gasteiger partial charge in [-0.25, -0.2) is 0 Å². The van der Waals surface area contributed by atoms with Gasteiger partial charge in [-0.05, 0) is 50.3 Å². The lowest BCUT2D eigenvalue weighted by molar-refractivity contribution is 0.00412. The van der Waals surface area contributed by atoms with Crippen LogP contribution in [0.5, 0.6) is 5.75 Å². The largest absolute Gasteiger partial charge is 0.487 e. The monoisotopic (exact) mass is 330 g/mol. The van der Waals surface area contributed by atoms with Crippen LogP contribution in [0.4, 0.5) is 0 Å². The molecule has 2 aromatic rings. The van der Waals surface area contributed by atoms with Gasteiger partial charge in [0.2, 0.25) is 0 Å². The van der Waals surface area contributed by atoms with Gasteiger partial charge < -0.3 is 19.4 Å². The standard InChI is InChI=1S/C18H22N2O4/c1-13-8-14-9-16(5-6-17(14)24-13)23-10-15-4-3-7-20(19-15)18(2,11-21)12-22/h3-9,19,21-22H,10-12H2,1-2H3. The first-order valence-corrected chi connectivity index (χ1v) is 7.82. The van der Waals surface area contributed by atoms with Crippen molar-refractivity contribution in [2.45, 2.75) is 19.4 Å². The summed E-state index contributed by atoms with van der Waals surface area (Å²) in [6, 6.07) is 7.67. The quantitative estimate of drug-likeness (QED) is 0.753. The Labute approximate surface area is 140 Å². The Balaban J connectivity index is 1.65. The Kier molecular flexibility index (Phi) is 4.51. The van der Waals surface area contributed by atoms with Crippen LogP contribution in [0.15, 0.2) is 52.7 Å². The molecular formula is C18H22N2O4. The average molecular weight is 330 g/mol. The predicted molar refractivity (Wildman–Crippen MR) is 91.2 cm³/mol. The highest BCUT2D eigenvalue weighted by atomic mass is 16.5. The molecule has 24 heavy (non-hydrogen) atoms. The summed E-state index contributed by atoms with van der Waals surface area (Å²) in [7, 11) is 0. The van der Waals surface area contributed by atoms with Crippen LogP contribution in [-0.4, -0.2) is 40.6 Å². The summed E-state index contributed by atoms with van der Waals surface area (Å²) in [4.78, 5) is 0. The molecule has 3 N–H and O–H groups in total. The van der Waals surface area contributed by atoms with E-state index in [1.165, 1.54) is 0 Å². The van der Waals surface area contributed by atoms with Gasteiger partial charge in [-0.1, -0.05) is 0 Å². The first-order chi connectivity index (χ1) is 11.5. The van der Waals surface area contributed by atoms with Crippen LogP contribution in [0.25, 0.3) is 11.0 Å². The molecule has 6 heteroatoms. The van der Waals surface area contributed by atoms with E-state index in [-0.39, 0.29) is 13.2 Å². The zero-order valence-corrected chi connectivity index (χ0v) is 13.8. The summed E-state index contributed by atoms with van der Waals surface area (Å²) >= 11 is 0. The van der Waals surface area contributed by atoms with Gasteiger partial charge in [-0.15, -0.1) is 0 Å². The fourth-order valence-corrected chi connectivity index (χ4v) is 2.48. The molecule has 0 atom stereocenters. The van der Waals surface area contributed by atoms with E-state index in [0.717, 1.165) is 28.2 Å². The highest BCUT2D eigenvalue weighted by molar-refractivity contribution is 5.79. The molecular weight excluding hydrogens is 308 g/mol. The summed E-state index contributed by atoms with van der Waals surface area (Å²) in [5.74, 6) is 1.62. The SMILES string of the molecule is Cc1cc2cc(OCC3=CC=CN(C(C)(CO)CO)N3)ccc2o1. The number of allylic oxidation sites excluding steroid dienone is 2. The molecule has 0 radical (unpaired) electrons. The number of nitrogens with zero attached hydrogens (tertiary/aromatic N) is 1. The Morgan fingerprint density at radius 1 is 1.25 bits per heavy atom. The number of aliphatic hydroxyl groups excluding tert-OH is 2. The lowest BCUT2D eigenvalue weighted by Crippen LogP contribution is -2.56. The molecule has 0 aliphatic carbocycles. The maximum absolute atomic E-state index is 9.50. The van der Waals surface area contributed by atoms with Crippen molar-refractivity contribution in [1.82, 2.24) is 10.4 Å². The third-order valence-corrected chi connectivity index (χ3v) is 4.06. The number of ether oxygens (including phenoxy) is 1. The molecule has 3 rings (SSSR count). The molecule has 1 aliphatic heterocycles. The number of aryl methyl sites for hydroxylation is 1. The van der Waals surface area contributed by atoms with E-state index in [2.05, 4.69) is 5.43 Å². The van der Waals surface area contributed by atoms with Crippen molar-refractivity contribution in [1.29, 1.82) is 0 Å². The van der Waals surface area contributed by atoms with Gasteiger partial charge in [0, 0.05) is 11.6 Å². The third kappa shape index (κ3) is 3.25. The van der Waals surface area contributed by atoms with Crippen LogP contribution in [0.1, 0.15) is 12.7 Å². The molecule has 0 unspecified atom stereocenters. The summed E-state index contributed by atoms with van der Waals surface area (Å²) in [5.41, 5.74) is 4.03. The summed E-state index contributed by atoms with van der Waals surface area (Å²) in [6.07, 6.45) is 5.52. The minimum atomic E-state index is -0.788. The number of hydrazine groups is 1. The van der Waals surface area contributed by atoms with Crippen LogP contribution in [0.2, 0.25) is 0 Å². The van der Waals surface area contributed by atoms with E-state index in [1.54, 1.807) is 18.1 Å². The second kappa shape index (κ2) is 6.59. The second-order valence-corrected chi connectivity index (χ2v) is 6.17. The highest BCUT2D eigenvalue weighted by Gasteiger charge is 2.30. The van der Waals surface area contributed by atoms with Crippen LogP contribution in [-0.2, 0) is 0 Å². The maximum atomic E-state index is 9.50. The number of nitrogens with one attached hydrogen (secondary N) is 1. The lowest BCUT2D eigenvalue weighted by Gasteiger charge is -2.40. The molecule has 1 aliphatic rings. The number of benzene rings is 1. The molecule has 6 nitrogen and oxygen atoms in total. The molecule has 2 heterocycles. The number of furan rings is 1. The van der Waals surface area contributed by atoms with Gasteiger partial charge in [0.15, 0.2) is 0 Å². The van der Waals surface area contributed by atoms with Crippen molar-refractivity contribution in [3.63, 3.8) is 0 Å². The second-order valence-electron chi connectivity index (χ2n) is 6.17. The molecule has 0 amide bonds. The Hall–Kier alpha value is -2.44. The average Bonchev–Trinajstić information content (AvgIpc) is 2.98. The van der Waals surface area contributed by atoms with Gasteiger partial charge in [0.1, 0.15) is 29.2 Å². The van der Waals surface area contributed by atoms with Gasteiger partial charge in [0.25, 0.3) is 0 Å². The van der Waals surface area contributed by atoms with E-state index in [1.807, 2.05) is 43.3 Å². The highest BCUT2D eigenvalue weighted by Crippen LogP contribution is 2.24. The van der Waals surface area contributed by atoms with Crippen molar-refractivity contribution in [3.05, 3.63) is 54.1 Å². The molecule has 0 saturated heterocycles. The summed E-state index contributed by atoms with van der Waals surface area (Å²) in [6.45, 7) is 3.67. The molecule has 1 aromatic heterocycles. The van der Waals surface area contributed by atoms with Crippen molar-refractivity contribution in [2.75, 3.05) is 19.8 Å². The summed E-state index contributed by atoms with van der Waals surface area (Å²) < 4.78 is 11.4. The molecule has 1 aromatic carbocycles. The first kappa shape index (κ1) is 16.4. The molecule has 0 bridgehead atoms. The fourth-order valence-electron chi connectivity index (χ4n) is 2.48. The fraction of sp³-hybridized carbons (Fsp3) is 0.333. The predicted octanol–water partition coefficient (Wildman–Crippen LogP) is 2.08. The minimum absolute atomic E-state index is 0.175. The van der Waals surface area contributed by atoms with Crippen molar-refractivity contribution < 1.29 is 19.4 Å². The number of aliphatic hydroxyl groups is 2. The Bertz CT molecular complexity index is 774. The Morgan fingerprint density at radius 2 is 2.04 bits per heavy atom. The molecule has 0 fully saturated rings. The van der Waals surface area contributed by atoms with E-state index in [4.69, 9.17) is 9.15 Å². The molecule has 128 valence electrons. The minimum Gasteiger partial charge on any atom is -0.487 e. The number of hydrogen-bond donors (Lipinski definition) is 3. The van der Waals surface area contributed by atoms with Crippen molar-refractivity contribution in [2.24, 2.45) is 0 Å². The number of fused-ring (bicyclic) bond motifs is 1. The van der Waals surface area contributed by atoms with Gasteiger partial charge in [0.05, 0.1) is 18.9 Å². The lowest BCUT2D eigenvalue weighted by atomic mass is 10.0. The third-order valence-electron chi connectivity index (χ3n) is 4.06. The van der Waals surface area contributed by atoms with Gasteiger partial charge >= 0.3 is 0 Å². The smallest absolute Gasteiger partial charge is 0.134 e. The zero-order chi connectivity index (χ0) is 17.2. The van der Waals surface area contributed by atoms with Gasteiger partial charge in [-0.2, -0.15) is 0 Å². The summed E-state index contributed by atoms with van der Waals surface area (Å²) in [5, 5.41) is 21.7. The normalized spacial score (nSPS) is 14.7. The van der Waals surface area contributed by atoms with Crippen LogP contribution >= 0.6 is 0 Å². The number of hydrogen-bond acceptors (Lipinski definition) is 6. The van der Waals surface area contributed by atoms with Crippen molar-refractivity contribution >= 4 is 11.0 Å². The van der Waals surface area contributed by atoms with Crippen LogP contribution in [0.3, 0.4) is 0 Å². The van der Waals surface area contributed by atoms with Gasteiger partial charge in [-0.3, -0.25) is 10.4 Å². The maximum Gasteiger partial charge on any atom is 0.134 e. The van der Waals surface area contributed by atoms with E-state index in [9.17, 15) is 10.2 Å². The van der Waals surface area contributed by atoms with E-state index < -0.39 is 5.54 Å². The van der Waals surface area contributed by atoms with Crippen molar-refractivity contribution in [3.8, 4) is 5.75 Å². The van der Waals surface area contributed by atoms with Crippen LogP contribution in [0, 0.1) is 6.92 Å². The van der Waals surface area contributed by atoms with E-state index in [0.29, 0.717) is 6.61 Å². The topological polar surface area (TPSA) is 78.1 Å². The first-order valence-electron chi connectivity index (χ1n) is 7.82.